The van der Waals surface area contributed by atoms with Crippen molar-refractivity contribution in [1.82, 2.24) is 4.98 Å². The average molecular weight is 290 g/mol. The smallest absolute Gasteiger partial charge is 0.130 e. The summed E-state index contributed by atoms with van der Waals surface area (Å²) >= 11 is 11.8. The van der Waals surface area contributed by atoms with Gasteiger partial charge in [-0.25, -0.2) is 4.98 Å². The molecule has 1 aromatic heterocycles. The van der Waals surface area contributed by atoms with Crippen LogP contribution in [0, 0.1) is 5.92 Å². The first kappa shape index (κ1) is 15.7. The molecule has 1 aromatic rings. The van der Waals surface area contributed by atoms with Crippen LogP contribution in [0.25, 0.3) is 0 Å². The Morgan fingerprint density at radius 2 is 2.11 bits per heavy atom. The molecule has 2 nitrogen and oxygen atoms in total. The third-order valence-corrected chi connectivity index (χ3v) is 3.61. The molecule has 0 spiro atoms. The van der Waals surface area contributed by atoms with E-state index in [-0.39, 0.29) is 0 Å². The molecule has 1 unspecified atom stereocenters. The van der Waals surface area contributed by atoms with E-state index >= 15 is 0 Å². The van der Waals surface area contributed by atoms with E-state index in [1.807, 2.05) is 0 Å². The highest BCUT2D eigenvalue weighted by molar-refractivity contribution is 6.34. The third-order valence-electron chi connectivity index (χ3n) is 3.05. The standard InChI is InChI=1S/C14H21Cl2NO/c1-3-5-6-11(4-2)9-18-10-12-8-17-14(16)7-13(12)15/h7-8,11H,3-6,9-10H2,1-2H3. The first-order valence-electron chi connectivity index (χ1n) is 6.55. The van der Waals surface area contributed by atoms with E-state index in [1.165, 1.54) is 19.3 Å². The van der Waals surface area contributed by atoms with E-state index in [1.54, 1.807) is 12.3 Å². The van der Waals surface area contributed by atoms with Gasteiger partial charge >= 0.3 is 0 Å². The van der Waals surface area contributed by atoms with Gasteiger partial charge in [0.25, 0.3) is 0 Å². The lowest BCUT2D eigenvalue weighted by molar-refractivity contribution is 0.0818. The molecule has 0 aliphatic heterocycles. The van der Waals surface area contributed by atoms with Crippen molar-refractivity contribution in [3.63, 3.8) is 0 Å². The van der Waals surface area contributed by atoms with E-state index in [0.29, 0.717) is 22.7 Å². The molecule has 0 bridgehead atoms. The quantitative estimate of drug-likeness (QED) is 0.620. The molecule has 4 heteroatoms. The number of pyridine rings is 1. The molecule has 1 heterocycles. The van der Waals surface area contributed by atoms with Gasteiger partial charge in [0.05, 0.1) is 11.6 Å². The normalized spacial score (nSPS) is 12.7. The molecule has 0 N–H and O–H groups in total. The molecular weight excluding hydrogens is 269 g/mol. The van der Waals surface area contributed by atoms with Crippen LogP contribution in [0.3, 0.4) is 0 Å². The SMILES string of the molecule is CCCCC(CC)COCc1cnc(Cl)cc1Cl. The van der Waals surface area contributed by atoms with E-state index < -0.39 is 0 Å². The fraction of sp³-hybridized carbons (Fsp3) is 0.643. The van der Waals surface area contributed by atoms with Crippen LogP contribution in [0.4, 0.5) is 0 Å². The Bertz CT molecular complexity index is 358. The van der Waals surface area contributed by atoms with Gasteiger partial charge in [-0.1, -0.05) is 56.3 Å². The van der Waals surface area contributed by atoms with Gasteiger partial charge in [0.15, 0.2) is 0 Å². The Morgan fingerprint density at radius 1 is 1.33 bits per heavy atom. The maximum atomic E-state index is 6.06. The van der Waals surface area contributed by atoms with E-state index in [4.69, 9.17) is 27.9 Å². The maximum Gasteiger partial charge on any atom is 0.130 e. The summed E-state index contributed by atoms with van der Waals surface area (Å²) < 4.78 is 5.72. The average Bonchev–Trinajstić information content (AvgIpc) is 2.36. The summed E-state index contributed by atoms with van der Waals surface area (Å²) in [5.74, 6) is 0.643. The predicted molar refractivity (Wildman–Crippen MR) is 77.2 cm³/mol. The van der Waals surface area contributed by atoms with Gasteiger partial charge in [-0.15, -0.1) is 0 Å². The van der Waals surface area contributed by atoms with Crippen LogP contribution in [0.5, 0.6) is 0 Å². The second-order valence-electron chi connectivity index (χ2n) is 4.53. The highest BCUT2D eigenvalue weighted by Gasteiger charge is 2.07. The van der Waals surface area contributed by atoms with E-state index in [9.17, 15) is 0 Å². The van der Waals surface area contributed by atoms with Crippen molar-refractivity contribution >= 4 is 23.2 Å². The number of nitrogens with zero attached hydrogens (tertiary/aromatic N) is 1. The fourth-order valence-electron chi connectivity index (χ4n) is 1.78. The zero-order valence-electron chi connectivity index (χ0n) is 11.1. The molecule has 0 saturated heterocycles. The summed E-state index contributed by atoms with van der Waals surface area (Å²) in [5, 5.41) is 1.04. The lowest BCUT2D eigenvalue weighted by Crippen LogP contribution is -2.09. The Balaban J connectivity index is 2.35. The zero-order chi connectivity index (χ0) is 13.4. The van der Waals surface area contributed by atoms with Crippen molar-refractivity contribution in [3.05, 3.63) is 28.0 Å². The van der Waals surface area contributed by atoms with Crippen molar-refractivity contribution in [3.8, 4) is 0 Å². The number of unbranched alkanes of at least 4 members (excludes halogenated alkanes) is 1. The Kier molecular flexibility index (Phi) is 7.64. The van der Waals surface area contributed by atoms with Gasteiger partial charge in [-0.3, -0.25) is 0 Å². The molecule has 18 heavy (non-hydrogen) atoms. The molecule has 0 aromatic carbocycles. The molecule has 1 atom stereocenters. The second kappa shape index (κ2) is 8.73. The lowest BCUT2D eigenvalue weighted by Gasteiger charge is -2.14. The molecule has 0 aliphatic rings. The van der Waals surface area contributed by atoms with Crippen LogP contribution in [0.1, 0.15) is 45.1 Å². The van der Waals surface area contributed by atoms with Crippen molar-refractivity contribution in [2.45, 2.75) is 46.1 Å². The minimum Gasteiger partial charge on any atom is -0.376 e. The van der Waals surface area contributed by atoms with Gasteiger partial charge < -0.3 is 4.74 Å². The fourth-order valence-corrected chi connectivity index (χ4v) is 2.20. The lowest BCUT2D eigenvalue weighted by atomic mass is 10.0. The molecule has 1 rings (SSSR count). The molecule has 102 valence electrons. The largest absolute Gasteiger partial charge is 0.376 e. The van der Waals surface area contributed by atoms with Crippen LogP contribution in [0.15, 0.2) is 12.3 Å². The van der Waals surface area contributed by atoms with Gasteiger partial charge in [-0.2, -0.15) is 0 Å². The summed E-state index contributed by atoms with van der Waals surface area (Å²) in [4.78, 5) is 4.01. The van der Waals surface area contributed by atoms with Crippen LogP contribution < -0.4 is 0 Å². The van der Waals surface area contributed by atoms with Gasteiger partial charge in [0, 0.05) is 18.4 Å². The van der Waals surface area contributed by atoms with Gasteiger partial charge in [-0.05, 0) is 18.4 Å². The van der Waals surface area contributed by atoms with Crippen molar-refractivity contribution < 1.29 is 4.74 Å². The topological polar surface area (TPSA) is 22.1 Å². The number of aromatic nitrogens is 1. The third kappa shape index (κ3) is 5.55. The number of halogens is 2. The van der Waals surface area contributed by atoms with Crippen LogP contribution in [-0.4, -0.2) is 11.6 Å². The number of hydrogen-bond donors (Lipinski definition) is 0. The zero-order valence-corrected chi connectivity index (χ0v) is 12.6. The molecule has 0 amide bonds. The Morgan fingerprint density at radius 3 is 2.72 bits per heavy atom. The van der Waals surface area contributed by atoms with Crippen LogP contribution in [-0.2, 0) is 11.3 Å². The summed E-state index contributed by atoms with van der Waals surface area (Å²) in [5.41, 5.74) is 0.895. The molecule has 0 fully saturated rings. The molecule has 0 aliphatic carbocycles. The summed E-state index contributed by atoms with van der Waals surface area (Å²) in [6, 6.07) is 1.65. The minimum atomic E-state index is 0.415. The molecular formula is C14H21Cl2NO. The van der Waals surface area contributed by atoms with Crippen molar-refractivity contribution in [1.29, 1.82) is 0 Å². The first-order chi connectivity index (χ1) is 8.67. The number of ether oxygens (including phenoxy) is 1. The first-order valence-corrected chi connectivity index (χ1v) is 7.30. The minimum absolute atomic E-state index is 0.415. The van der Waals surface area contributed by atoms with E-state index in [2.05, 4.69) is 18.8 Å². The highest BCUT2D eigenvalue weighted by atomic mass is 35.5. The van der Waals surface area contributed by atoms with Gasteiger partial charge in [0.2, 0.25) is 0 Å². The Hall–Kier alpha value is -0.310. The van der Waals surface area contributed by atoms with E-state index in [0.717, 1.165) is 18.6 Å². The maximum absolute atomic E-state index is 6.06. The Labute approximate surface area is 120 Å². The highest BCUT2D eigenvalue weighted by Crippen LogP contribution is 2.20. The summed E-state index contributed by atoms with van der Waals surface area (Å²) in [6.45, 7) is 5.72. The van der Waals surface area contributed by atoms with Crippen LogP contribution >= 0.6 is 23.2 Å². The monoisotopic (exact) mass is 289 g/mol. The van der Waals surface area contributed by atoms with Crippen LogP contribution in [0.2, 0.25) is 10.2 Å². The second-order valence-corrected chi connectivity index (χ2v) is 5.32. The molecule has 0 saturated carbocycles. The summed E-state index contributed by atoms with van der Waals surface area (Å²) in [6.07, 6.45) is 6.58. The van der Waals surface area contributed by atoms with Gasteiger partial charge in [0.1, 0.15) is 5.15 Å². The predicted octanol–water partition coefficient (Wildman–Crippen LogP) is 5.12. The summed E-state index contributed by atoms with van der Waals surface area (Å²) in [7, 11) is 0. The van der Waals surface area contributed by atoms with Crippen molar-refractivity contribution in [2.75, 3.05) is 6.61 Å². The van der Waals surface area contributed by atoms with Crippen molar-refractivity contribution in [2.24, 2.45) is 5.92 Å². The number of rotatable bonds is 8. The molecule has 0 radical (unpaired) electrons. The number of hydrogen-bond acceptors (Lipinski definition) is 2.